The summed E-state index contributed by atoms with van der Waals surface area (Å²) in [5.74, 6) is -1.70. The van der Waals surface area contributed by atoms with Gasteiger partial charge in [-0.05, 0) is 23.3 Å². The molecule has 1 heterocycles. The summed E-state index contributed by atoms with van der Waals surface area (Å²) in [5.41, 5.74) is 1.20. The Labute approximate surface area is 173 Å². The first kappa shape index (κ1) is 22.8. The van der Waals surface area contributed by atoms with Gasteiger partial charge in [0.1, 0.15) is 17.9 Å². The number of esters is 1. The molecule has 0 radical (unpaired) electrons. The van der Waals surface area contributed by atoms with Crippen LogP contribution in [0.3, 0.4) is 0 Å². The molecule has 0 fully saturated rings. The number of hydrogen-bond acceptors (Lipinski definition) is 6. The zero-order chi connectivity index (χ0) is 22.1. The second kappa shape index (κ2) is 10.9. The highest BCUT2D eigenvalue weighted by molar-refractivity contribution is 5.90. The monoisotopic (exact) mass is 417 g/mol. The van der Waals surface area contributed by atoms with E-state index in [1.165, 1.54) is 45.5 Å². The molecule has 9 heteroatoms. The molecule has 2 atom stereocenters. The van der Waals surface area contributed by atoms with Crippen molar-refractivity contribution in [2.45, 2.75) is 31.8 Å². The summed E-state index contributed by atoms with van der Waals surface area (Å²) in [5, 5.41) is 5.14. The van der Waals surface area contributed by atoms with Crippen molar-refractivity contribution in [3.63, 3.8) is 0 Å². The van der Waals surface area contributed by atoms with E-state index in [-0.39, 0.29) is 12.8 Å². The number of rotatable bonds is 9. The zero-order valence-corrected chi connectivity index (χ0v) is 17.0. The molecule has 2 rings (SSSR count). The maximum absolute atomic E-state index is 13.5. The van der Waals surface area contributed by atoms with E-state index >= 15 is 0 Å². The summed E-state index contributed by atoms with van der Waals surface area (Å²) in [6.45, 7) is 1.27. The molecular weight excluding hydrogens is 393 g/mol. The lowest BCUT2D eigenvalue weighted by Gasteiger charge is -2.22. The first-order chi connectivity index (χ1) is 14.3. The number of halogens is 1. The van der Waals surface area contributed by atoms with Crippen LogP contribution in [0, 0.1) is 5.82 Å². The van der Waals surface area contributed by atoms with E-state index in [1.807, 2.05) is 0 Å². The topological polar surface area (TPSA) is 107 Å². The van der Waals surface area contributed by atoms with Crippen LogP contribution in [0.5, 0.6) is 5.88 Å². The van der Waals surface area contributed by atoms with Crippen molar-refractivity contribution in [3.8, 4) is 5.88 Å². The number of carbonyl (C=O) groups is 3. The molecule has 0 aliphatic rings. The van der Waals surface area contributed by atoms with Gasteiger partial charge in [-0.25, -0.2) is 14.2 Å². The Morgan fingerprint density at radius 3 is 2.33 bits per heavy atom. The quantitative estimate of drug-likeness (QED) is 0.594. The minimum atomic E-state index is -0.999. The SMILES string of the molecule is COC(=O)[C@H](Cc1ccc(OC)nc1)NC(=O)[C@H](Cc1cccc(F)c1)NC(C)=O. The van der Waals surface area contributed by atoms with Crippen molar-refractivity contribution in [1.29, 1.82) is 0 Å². The third-order valence-electron chi connectivity index (χ3n) is 4.27. The lowest BCUT2D eigenvalue weighted by Crippen LogP contribution is -2.53. The smallest absolute Gasteiger partial charge is 0.328 e. The average Bonchev–Trinajstić information content (AvgIpc) is 2.72. The van der Waals surface area contributed by atoms with Crippen LogP contribution in [-0.2, 0) is 32.0 Å². The van der Waals surface area contributed by atoms with Gasteiger partial charge in [0.2, 0.25) is 17.7 Å². The molecule has 2 amide bonds. The molecule has 8 nitrogen and oxygen atoms in total. The number of hydrogen-bond donors (Lipinski definition) is 2. The van der Waals surface area contributed by atoms with Crippen LogP contribution < -0.4 is 15.4 Å². The highest BCUT2D eigenvalue weighted by atomic mass is 19.1. The fourth-order valence-corrected chi connectivity index (χ4v) is 2.85. The number of amides is 2. The van der Waals surface area contributed by atoms with Crippen LogP contribution in [0.2, 0.25) is 0 Å². The maximum atomic E-state index is 13.5. The molecule has 1 aromatic carbocycles. The van der Waals surface area contributed by atoms with Crippen molar-refractivity contribution in [2.24, 2.45) is 0 Å². The Morgan fingerprint density at radius 2 is 1.77 bits per heavy atom. The van der Waals surface area contributed by atoms with Gasteiger partial charge in [-0.1, -0.05) is 18.2 Å². The van der Waals surface area contributed by atoms with Crippen molar-refractivity contribution in [2.75, 3.05) is 14.2 Å². The highest BCUT2D eigenvalue weighted by Gasteiger charge is 2.27. The van der Waals surface area contributed by atoms with Gasteiger partial charge in [-0.3, -0.25) is 9.59 Å². The minimum absolute atomic E-state index is 0.0567. The Bertz CT molecular complexity index is 888. The largest absolute Gasteiger partial charge is 0.481 e. The van der Waals surface area contributed by atoms with E-state index in [4.69, 9.17) is 9.47 Å². The van der Waals surface area contributed by atoms with Gasteiger partial charge in [0.25, 0.3) is 0 Å². The average molecular weight is 417 g/mol. The normalized spacial score (nSPS) is 12.4. The van der Waals surface area contributed by atoms with E-state index in [1.54, 1.807) is 18.2 Å². The van der Waals surface area contributed by atoms with Crippen LogP contribution in [0.1, 0.15) is 18.1 Å². The van der Waals surface area contributed by atoms with Crippen LogP contribution in [-0.4, -0.2) is 49.1 Å². The predicted molar refractivity (Wildman–Crippen MR) is 106 cm³/mol. The number of nitrogens with one attached hydrogen (secondary N) is 2. The lowest BCUT2D eigenvalue weighted by molar-refractivity contribution is -0.145. The molecule has 2 N–H and O–H groups in total. The van der Waals surface area contributed by atoms with Crippen LogP contribution in [0.25, 0.3) is 0 Å². The molecule has 30 heavy (non-hydrogen) atoms. The Morgan fingerprint density at radius 1 is 1.03 bits per heavy atom. The van der Waals surface area contributed by atoms with Crippen molar-refractivity contribution < 1.29 is 28.2 Å². The summed E-state index contributed by atoms with van der Waals surface area (Å²) >= 11 is 0. The molecule has 0 spiro atoms. The van der Waals surface area contributed by atoms with Crippen molar-refractivity contribution in [1.82, 2.24) is 15.6 Å². The first-order valence-corrected chi connectivity index (χ1v) is 9.21. The van der Waals surface area contributed by atoms with E-state index in [9.17, 15) is 18.8 Å². The molecule has 0 saturated carbocycles. The molecule has 160 valence electrons. The van der Waals surface area contributed by atoms with Crippen molar-refractivity contribution >= 4 is 17.8 Å². The number of aromatic nitrogens is 1. The number of benzene rings is 1. The van der Waals surface area contributed by atoms with Crippen LogP contribution >= 0.6 is 0 Å². The number of ether oxygens (including phenoxy) is 2. The molecular formula is C21H24FN3O5. The fourth-order valence-electron chi connectivity index (χ4n) is 2.85. The number of pyridine rings is 1. The van der Waals surface area contributed by atoms with Gasteiger partial charge < -0.3 is 20.1 Å². The van der Waals surface area contributed by atoms with Crippen molar-refractivity contribution in [3.05, 3.63) is 59.5 Å². The van der Waals surface area contributed by atoms with E-state index in [2.05, 4.69) is 15.6 Å². The highest BCUT2D eigenvalue weighted by Crippen LogP contribution is 2.11. The molecule has 0 bridgehead atoms. The van der Waals surface area contributed by atoms with Gasteiger partial charge in [0.05, 0.1) is 14.2 Å². The summed E-state index contributed by atoms with van der Waals surface area (Å²) in [7, 11) is 2.70. The fraction of sp³-hybridized carbons (Fsp3) is 0.333. The molecule has 0 aliphatic heterocycles. The third-order valence-corrected chi connectivity index (χ3v) is 4.27. The Balaban J connectivity index is 2.16. The van der Waals surface area contributed by atoms with Gasteiger partial charge >= 0.3 is 5.97 Å². The zero-order valence-electron chi connectivity index (χ0n) is 17.0. The summed E-state index contributed by atoms with van der Waals surface area (Å²) in [4.78, 5) is 40.7. The minimum Gasteiger partial charge on any atom is -0.481 e. The molecule has 0 unspecified atom stereocenters. The molecule has 0 saturated heterocycles. The number of nitrogens with zero attached hydrogens (tertiary/aromatic N) is 1. The summed E-state index contributed by atoms with van der Waals surface area (Å²) in [6, 6.07) is 7.08. The lowest BCUT2D eigenvalue weighted by atomic mass is 10.0. The third kappa shape index (κ3) is 6.84. The predicted octanol–water partition coefficient (Wildman–Crippen LogP) is 1.18. The standard InChI is InChI=1S/C21H24FN3O5/c1-13(26)24-17(10-14-5-4-6-16(22)9-14)20(27)25-18(21(28)30-3)11-15-7-8-19(29-2)23-12-15/h4-9,12,17-18H,10-11H2,1-3H3,(H,24,26)(H,25,27)/t17-,18-/m0/s1. The van der Waals surface area contributed by atoms with Crippen LogP contribution in [0.15, 0.2) is 42.6 Å². The second-order valence-electron chi connectivity index (χ2n) is 6.58. The molecule has 2 aromatic rings. The summed E-state index contributed by atoms with van der Waals surface area (Å²) < 4.78 is 23.3. The molecule has 1 aromatic heterocycles. The number of methoxy groups -OCH3 is 2. The van der Waals surface area contributed by atoms with Gasteiger partial charge in [0, 0.05) is 32.0 Å². The van der Waals surface area contributed by atoms with Gasteiger partial charge in [-0.2, -0.15) is 0 Å². The first-order valence-electron chi connectivity index (χ1n) is 9.21. The van der Waals surface area contributed by atoms with E-state index in [0.29, 0.717) is 17.0 Å². The second-order valence-corrected chi connectivity index (χ2v) is 6.58. The summed E-state index contributed by atoms with van der Waals surface area (Å²) in [6.07, 6.45) is 1.71. The van der Waals surface area contributed by atoms with E-state index < -0.39 is 35.7 Å². The maximum Gasteiger partial charge on any atom is 0.328 e. The Kier molecular flexibility index (Phi) is 8.28. The van der Waals surface area contributed by atoms with Gasteiger partial charge in [-0.15, -0.1) is 0 Å². The van der Waals surface area contributed by atoms with E-state index in [0.717, 1.165) is 0 Å². The van der Waals surface area contributed by atoms with Gasteiger partial charge in [0.15, 0.2) is 0 Å². The Hall–Kier alpha value is -3.49. The molecule has 0 aliphatic carbocycles. The van der Waals surface area contributed by atoms with Crippen LogP contribution in [0.4, 0.5) is 4.39 Å². The number of carbonyl (C=O) groups excluding carboxylic acids is 3.